The first-order valence-electron chi connectivity index (χ1n) is 42.4. The van der Waals surface area contributed by atoms with Gasteiger partial charge in [0, 0.05) is 159 Å². The van der Waals surface area contributed by atoms with E-state index in [1.807, 2.05) is 56.6 Å². The molecule has 0 bridgehead atoms. The van der Waals surface area contributed by atoms with E-state index in [2.05, 4.69) is 16.0 Å². The normalized spacial score (nSPS) is 21.7. The largest absolute Gasteiger partial charge is 0.492 e. The smallest absolute Gasteiger partial charge is 0.345 e. The van der Waals surface area contributed by atoms with E-state index >= 15 is 17.6 Å². The summed E-state index contributed by atoms with van der Waals surface area (Å²) in [6.45, 7) is 24.2. The summed E-state index contributed by atoms with van der Waals surface area (Å²) in [6, 6.07) is 0.630. The van der Waals surface area contributed by atoms with Crippen LogP contribution in [0.15, 0.2) is 19.2 Å². The summed E-state index contributed by atoms with van der Waals surface area (Å²) in [5, 5.41) is 40.1. The minimum Gasteiger partial charge on any atom is -0.492 e. The highest BCUT2D eigenvalue weighted by Gasteiger charge is 2.45. The molecule has 6 aliphatic heterocycles. The van der Waals surface area contributed by atoms with Gasteiger partial charge >= 0.3 is 23.9 Å². The van der Waals surface area contributed by atoms with Crippen molar-refractivity contribution in [2.24, 2.45) is 11.8 Å². The average Bonchev–Trinajstić information content (AvgIpc) is 1.72. The summed E-state index contributed by atoms with van der Waals surface area (Å²) in [5.41, 5.74) is 1.57. The molecular weight excluding hydrogens is 1570 g/mol. The predicted molar refractivity (Wildman–Crippen MR) is 453 cm³/mol. The topological polar surface area (TPSA) is 315 Å². The van der Waals surface area contributed by atoms with E-state index in [9.17, 15) is 53.7 Å². The van der Waals surface area contributed by atoms with Crippen molar-refractivity contribution in [1.29, 1.82) is 0 Å². The number of rotatable bonds is 18. The van der Waals surface area contributed by atoms with E-state index in [4.69, 9.17) is 23.7 Å². The number of carbonyl (C=O) groups is 4. The van der Waals surface area contributed by atoms with Crippen LogP contribution in [0.25, 0.3) is 43.6 Å². The Bertz CT molecular complexity index is 5920. The molecule has 8 aromatic rings. The van der Waals surface area contributed by atoms with Crippen molar-refractivity contribution in [1.82, 2.24) is 39.1 Å². The number of pyridine rings is 4. The van der Waals surface area contributed by atoms with E-state index in [0.717, 1.165) is 96.7 Å². The van der Waals surface area contributed by atoms with Crippen molar-refractivity contribution in [3.05, 3.63) is 131 Å². The molecule has 4 aromatic heterocycles. The second-order valence-electron chi connectivity index (χ2n) is 34.9. The van der Waals surface area contributed by atoms with Crippen LogP contribution in [0.1, 0.15) is 202 Å². The molecule has 6 saturated heterocycles. The summed E-state index contributed by atoms with van der Waals surface area (Å²) in [5.74, 6) is -4.99. The maximum Gasteiger partial charge on any atom is 0.345 e. The number of methoxy groups -OCH3 is 4. The molecule has 6 atom stereocenters. The molecule has 4 aromatic carbocycles. The molecule has 6 unspecified atom stereocenters. The number of carboxylic acid groups (broad SMARTS) is 3. The molecule has 32 heteroatoms. The van der Waals surface area contributed by atoms with Crippen LogP contribution in [0.3, 0.4) is 0 Å². The Labute approximate surface area is 696 Å². The number of anilines is 4. The van der Waals surface area contributed by atoms with Crippen LogP contribution in [-0.2, 0) is 4.74 Å². The van der Waals surface area contributed by atoms with Crippen molar-refractivity contribution in [3.8, 4) is 23.0 Å². The molecular formula is C89H108F4N12O16. The number of benzene rings is 4. The summed E-state index contributed by atoms with van der Waals surface area (Å²) in [6.07, 6.45) is 11.2. The number of hydrogen-bond donors (Lipinski definition) is 6. The number of aryl methyl sites for hydroxylation is 4. The number of halogens is 4. The third-order valence-electron chi connectivity index (χ3n) is 27.3. The molecule has 10 aliphatic rings. The third kappa shape index (κ3) is 14.1. The van der Waals surface area contributed by atoms with Crippen molar-refractivity contribution in [2.75, 3.05) is 133 Å². The number of piperidine rings is 2. The Morgan fingerprint density at radius 1 is 0.388 bits per heavy atom. The Morgan fingerprint density at radius 3 is 1.00 bits per heavy atom. The Balaban J connectivity index is 0.000000151. The quantitative estimate of drug-likeness (QED) is 0.0343. The highest BCUT2D eigenvalue weighted by Crippen LogP contribution is 2.53. The molecule has 0 radical (unpaired) electrons. The number of nitrogens with one attached hydrogen (secondary N) is 3. The van der Waals surface area contributed by atoms with Gasteiger partial charge in [-0.1, -0.05) is 0 Å². The minimum atomic E-state index is -1.36. The molecule has 10 heterocycles. The number of carboxylic acids is 3. The van der Waals surface area contributed by atoms with Crippen molar-refractivity contribution < 1.29 is 75.7 Å². The Hall–Kier alpha value is -10.4. The molecule has 0 spiro atoms. The molecule has 4 aliphatic carbocycles. The van der Waals surface area contributed by atoms with Gasteiger partial charge in [-0.25, -0.2) is 36.7 Å². The molecule has 28 nitrogen and oxygen atoms in total. The van der Waals surface area contributed by atoms with Crippen LogP contribution in [0.4, 0.5) is 40.3 Å². The lowest BCUT2D eigenvalue weighted by Crippen LogP contribution is -2.53. The third-order valence-corrected chi connectivity index (χ3v) is 27.3. The number of nitrogens with zero attached hydrogens (tertiary/aromatic N) is 9. The van der Waals surface area contributed by atoms with E-state index in [-0.39, 0.29) is 127 Å². The summed E-state index contributed by atoms with van der Waals surface area (Å²) in [4.78, 5) is 114. The van der Waals surface area contributed by atoms with Gasteiger partial charge in [0.25, 0.3) is 0 Å². The Kier molecular flexibility index (Phi) is 22.6. The lowest BCUT2D eigenvalue weighted by atomic mass is 9.94. The summed E-state index contributed by atoms with van der Waals surface area (Å²) in [7, 11) is 5.89. The number of ether oxygens (including phenoxy) is 5. The molecule has 6 N–H and O–H groups in total. The van der Waals surface area contributed by atoms with Crippen molar-refractivity contribution in [2.45, 2.75) is 195 Å². The number of hydrogen-bond acceptors (Lipinski definition) is 21. The lowest BCUT2D eigenvalue weighted by Gasteiger charge is -2.41. The Morgan fingerprint density at radius 2 is 0.702 bits per heavy atom. The zero-order chi connectivity index (χ0) is 86.4. The fraction of sp³-hybridized carbons (Fsp3) is 0.551. The van der Waals surface area contributed by atoms with Gasteiger partial charge in [0.15, 0.2) is 46.3 Å². The van der Waals surface area contributed by atoms with Gasteiger partial charge in [-0.2, -0.15) is 0 Å². The van der Waals surface area contributed by atoms with E-state index in [1.54, 1.807) is 48.5 Å². The number of piperazine rings is 2. The van der Waals surface area contributed by atoms with E-state index in [0.29, 0.717) is 156 Å². The van der Waals surface area contributed by atoms with Crippen LogP contribution in [0, 0.1) is 90.5 Å². The number of carbonyl (C=O) groups excluding carboxylic acids is 1. The maximum atomic E-state index is 16.7. The van der Waals surface area contributed by atoms with Crippen LogP contribution in [0.2, 0.25) is 0 Å². The standard InChI is InChI=1S/C45H54F2N6O8.C23H28FN3O4.C21H26FN3O4/c1-21-17-49(38-34(46)22(2)30-36(42(38)59-6)52(27-10-11-27)24(4)32(40(30)54)44(56)57)15-16-50(21)20-61-45(58)33-25(5)53(28-12-13-28)37-31(41(33)55)23(3)35(47)39(43(37)60-7)51-18-26-9-8-14-48-29(26)19-51;1-11-16-19(27(14-6-7-14)12(2)17(21(16)28)23(29)30)22(31-3)20(18(11)24)26-9-13-5-4-8-25-15(13)10-26;1-10-9-24(8-7-23-10)18-16(22)11(2)14-17(20(18)29-4)25(13-5-6-13)12(3)15(19(14)26)21(27)28/h21,26-29,48H,8-20H2,1-7H3,(H,56,57);13-15,25H,4-10H2,1-3H3,(H,29,30);10,13,23H,5-9H2,1-4H3,(H,27,28). The summed E-state index contributed by atoms with van der Waals surface area (Å²) < 4.78 is 102. The molecule has 10 fully saturated rings. The van der Waals surface area contributed by atoms with Gasteiger partial charge in [0.05, 0.1) is 72.1 Å². The number of fused-ring (bicyclic) bond motifs is 6. The van der Waals surface area contributed by atoms with Gasteiger partial charge in [-0.15, -0.1) is 0 Å². The highest BCUT2D eigenvalue weighted by molar-refractivity contribution is 6.04. The van der Waals surface area contributed by atoms with Crippen LogP contribution >= 0.6 is 0 Å². The zero-order valence-electron chi connectivity index (χ0n) is 71.1. The molecule has 648 valence electrons. The monoisotopic (exact) mass is 1680 g/mol. The zero-order valence-corrected chi connectivity index (χ0v) is 71.1. The lowest BCUT2D eigenvalue weighted by molar-refractivity contribution is 0.00872. The van der Waals surface area contributed by atoms with Gasteiger partial charge in [0.1, 0.15) is 51.7 Å². The first-order valence-corrected chi connectivity index (χ1v) is 42.4. The van der Waals surface area contributed by atoms with Crippen LogP contribution in [0.5, 0.6) is 23.0 Å². The predicted octanol–water partition coefficient (Wildman–Crippen LogP) is 11.3. The number of esters is 1. The van der Waals surface area contributed by atoms with E-state index in [1.165, 1.54) is 35.4 Å². The fourth-order valence-corrected chi connectivity index (χ4v) is 20.8. The summed E-state index contributed by atoms with van der Waals surface area (Å²) >= 11 is 0. The number of aromatic carboxylic acids is 3. The van der Waals surface area contributed by atoms with E-state index < -0.39 is 68.9 Å². The first-order chi connectivity index (χ1) is 57.8. The second kappa shape index (κ2) is 32.4. The number of aromatic nitrogens is 4. The SMILES string of the molecule is COc1c(N2CC3CCCNC3C2)c(F)c(C)c2c(=O)c(C(=O)O)c(C)n(C3CC3)c12.COc1c(N2CCN(COC(=O)c3c(C)n(C4CC4)c4c(OC)c(N5CC6CCCNC6C5)c(F)c(C)c4c3=O)C(C)C2)c(F)c(C)c2c(=O)c(C(=O)O)c(C)n(C3CC3)c12.COc1c(N2CCNC(C)C2)c(F)c(C)c2c(=O)c(C(=O)O)c(C)n(C3CC3)c12. The molecule has 18 rings (SSSR count). The second-order valence-corrected chi connectivity index (χ2v) is 34.9. The molecule has 121 heavy (non-hydrogen) atoms. The minimum absolute atomic E-state index is 0.00486. The van der Waals surface area contributed by atoms with Crippen molar-refractivity contribution in [3.63, 3.8) is 0 Å². The maximum absolute atomic E-state index is 16.7. The van der Waals surface area contributed by atoms with Crippen LogP contribution < -0.4 is 76.2 Å². The van der Waals surface area contributed by atoms with Gasteiger partial charge in [0.2, 0.25) is 21.7 Å². The van der Waals surface area contributed by atoms with Crippen LogP contribution in [-0.4, -0.2) is 200 Å². The average molecular weight is 1680 g/mol. The van der Waals surface area contributed by atoms with Gasteiger partial charge in [-0.3, -0.25) is 24.1 Å². The first kappa shape index (κ1) is 84.2. The highest BCUT2D eigenvalue weighted by atomic mass is 19.1. The fourth-order valence-electron chi connectivity index (χ4n) is 20.8. The molecule has 0 amide bonds. The van der Waals surface area contributed by atoms with Gasteiger partial charge < -0.3 is 92.8 Å². The van der Waals surface area contributed by atoms with Crippen molar-refractivity contribution >= 4 is 90.2 Å². The molecule has 4 saturated carbocycles. The van der Waals surface area contributed by atoms with Gasteiger partial charge in [-0.05, 0) is 171 Å².